The van der Waals surface area contributed by atoms with Gasteiger partial charge < -0.3 is 9.64 Å². The van der Waals surface area contributed by atoms with Crippen LogP contribution in [0.2, 0.25) is 0 Å². The molecule has 6 heteroatoms. The number of aromatic nitrogens is 1. The monoisotopic (exact) mass is 307 g/mol. The number of nitrogens with zero attached hydrogens (tertiary/aromatic N) is 3. The SMILES string of the molecule is O=C1CCCc2sc(N3CCC(N4CCOCC4)C3)nc21. The summed E-state index contributed by atoms with van der Waals surface area (Å²) in [7, 11) is 0. The van der Waals surface area contributed by atoms with Gasteiger partial charge in [0.05, 0.1) is 13.2 Å². The zero-order chi connectivity index (χ0) is 14.2. The van der Waals surface area contributed by atoms with Crippen LogP contribution in [0.4, 0.5) is 5.13 Å². The number of ketones is 1. The standard InChI is InChI=1S/C15H21N3O2S/c19-12-2-1-3-13-14(12)16-15(21-13)18-5-4-11(10-18)17-6-8-20-9-7-17/h11H,1-10H2. The molecule has 0 saturated carbocycles. The fourth-order valence-corrected chi connectivity index (χ4v) is 4.70. The Morgan fingerprint density at radius 1 is 1.19 bits per heavy atom. The number of thiazole rings is 1. The van der Waals surface area contributed by atoms with Crippen molar-refractivity contribution < 1.29 is 9.53 Å². The van der Waals surface area contributed by atoms with Crippen LogP contribution in [-0.2, 0) is 11.2 Å². The first-order valence-corrected chi connectivity index (χ1v) is 8.72. The molecule has 1 aromatic heterocycles. The summed E-state index contributed by atoms with van der Waals surface area (Å²) in [6.45, 7) is 5.91. The second-order valence-electron chi connectivity index (χ2n) is 6.08. The molecule has 2 aliphatic heterocycles. The van der Waals surface area contributed by atoms with Gasteiger partial charge in [-0.25, -0.2) is 4.98 Å². The Kier molecular flexibility index (Phi) is 3.69. The van der Waals surface area contributed by atoms with Gasteiger partial charge in [-0.3, -0.25) is 9.69 Å². The van der Waals surface area contributed by atoms with E-state index in [1.54, 1.807) is 11.3 Å². The summed E-state index contributed by atoms with van der Waals surface area (Å²) in [6.07, 6.45) is 3.88. The second-order valence-corrected chi connectivity index (χ2v) is 7.14. The summed E-state index contributed by atoms with van der Waals surface area (Å²) in [4.78, 5) is 22.7. The molecule has 1 aliphatic carbocycles. The van der Waals surface area contributed by atoms with E-state index in [2.05, 4.69) is 14.8 Å². The molecule has 5 nitrogen and oxygen atoms in total. The molecule has 114 valence electrons. The number of hydrogen-bond acceptors (Lipinski definition) is 6. The highest BCUT2D eigenvalue weighted by molar-refractivity contribution is 7.16. The summed E-state index contributed by atoms with van der Waals surface area (Å²) in [5, 5.41) is 1.06. The number of fused-ring (bicyclic) bond motifs is 1. The average molecular weight is 307 g/mol. The Hall–Kier alpha value is -0.980. The molecule has 0 N–H and O–H groups in total. The van der Waals surface area contributed by atoms with Gasteiger partial charge >= 0.3 is 0 Å². The number of ether oxygens (including phenoxy) is 1. The highest BCUT2D eigenvalue weighted by atomic mass is 32.1. The van der Waals surface area contributed by atoms with Gasteiger partial charge in [0.25, 0.3) is 0 Å². The largest absolute Gasteiger partial charge is 0.379 e. The molecule has 3 heterocycles. The molecule has 0 bridgehead atoms. The zero-order valence-corrected chi connectivity index (χ0v) is 13.0. The van der Waals surface area contributed by atoms with Crippen LogP contribution in [0.25, 0.3) is 0 Å². The number of Topliss-reactive ketones (excluding diaryl/α,β-unsaturated/α-hetero) is 1. The number of aryl methyl sites for hydroxylation is 1. The molecule has 2 fully saturated rings. The first-order chi connectivity index (χ1) is 10.3. The summed E-state index contributed by atoms with van der Waals surface area (Å²) in [6, 6.07) is 0.616. The van der Waals surface area contributed by atoms with E-state index >= 15 is 0 Å². The number of carbonyl (C=O) groups excluding carboxylic acids is 1. The highest BCUT2D eigenvalue weighted by Gasteiger charge is 2.31. The summed E-state index contributed by atoms with van der Waals surface area (Å²) >= 11 is 1.74. The molecule has 3 aliphatic rings. The van der Waals surface area contributed by atoms with Crippen LogP contribution in [0.3, 0.4) is 0 Å². The van der Waals surface area contributed by atoms with E-state index in [1.165, 1.54) is 11.3 Å². The van der Waals surface area contributed by atoms with Crippen molar-refractivity contribution in [2.45, 2.75) is 31.7 Å². The van der Waals surface area contributed by atoms with Crippen LogP contribution in [0.5, 0.6) is 0 Å². The van der Waals surface area contributed by atoms with E-state index < -0.39 is 0 Å². The molecule has 0 spiro atoms. The van der Waals surface area contributed by atoms with Gasteiger partial charge in [0.2, 0.25) is 0 Å². The molecule has 1 aromatic rings. The maximum atomic E-state index is 11.9. The molecule has 1 atom stereocenters. The minimum Gasteiger partial charge on any atom is -0.379 e. The van der Waals surface area contributed by atoms with E-state index in [4.69, 9.17) is 4.74 Å². The summed E-state index contributed by atoms with van der Waals surface area (Å²) in [5.74, 6) is 0.239. The maximum absolute atomic E-state index is 11.9. The van der Waals surface area contributed by atoms with Gasteiger partial charge in [-0.1, -0.05) is 0 Å². The maximum Gasteiger partial charge on any atom is 0.186 e. The molecule has 4 rings (SSSR count). The van der Waals surface area contributed by atoms with E-state index in [9.17, 15) is 4.79 Å². The fraction of sp³-hybridized carbons (Fsp3) is 0.733. The normalized spacial score (nSPS) is 27.1. The van der Waals surface area contributed by atoms with Crippen molar-refractivity contribution in [3.05, 3.63) is 10.6 Å². The quantitative estimate of drug-likeness (QED) is 0.830. The van der Waals surface area contributed by atoms with Crippen molar-refractivity contribution in [3.63, 3.8) is 0 Å². The van der Waals surface area contributed by atoms with Crippen LogP contribution >= 0.6 is 11.3 Å². The summed E-state index contributed by atoms with van der Waals surface area (Å²) in [5.41, 5.74) is 0.760. The number of hydrogen-bond donors (Lipinski definition) is 0. The molecule has 2 saturated heterocycles. The molecule has 1 unspecified atom stereocenters. The Labute approximate surface area is 128 Å². The third-order valence-electron chi connectivity index (χ3n) is 4.75. The van der Waals surface area contributed by atoms with E-state index in [0.29, 0.717) is 12.5 Å². The average Bonchev–Trinajstić information content (AvgIpc) is 3.15. The van der Waals surface area contributed by atoms with Crippen molar-refractivity contribution >= 4 is 22.3 Å². The zero-order valence-electron chi connectivity index (χ0n) is 12.2. The van der Waals surface area contributed by atoms with Gasteiger partial charge in [-0.2, -0.15) is 0 Å². The minimum atomic E-state index is 0.239. The van der Waals surface area contributed by atoms with Gasteiger partial charge in [0.15, 0.2) is 10.9 Å². The Bertz CT molecular complexity index is 539. The predicted octanol–water partition coefficient (Wildman–Crippen LogP) is 1.57. The Morgan fingerprint density at radius 3 is 2.86 bits per heavy atom. The van der Waals surface area contributed by atoms with Crippen LogP contribution in [0.15, 0.2) is 0 Å². The summed E-state index contributed by atoms with van der Waals surface area (Å²) < 4.78 is 5.43. The first-order valence-electron chi connectivity index (χ1n) is 7.91. The smallest absolute Gasteiger partial charge is 0.186 e. The van der Waals surface area contributed by atoms with Crippen molar-refractivity contribution in [1.29, 1.82) is 0 Å². The van der Waals surface area contributed by atoms with Crippen LogP contribution < -0.4 is 4.90 Å². The lowest BCUT2D eigenvalue weighted by atomic mass is 10.0. The number of rotatable bonds is 2. The van der Waals surface area contributed by atoms with Crippen LogP contribution in [0, 0.1) is 0 Å². The first kappa shape index (κ1) is 13.7. The van der Waals surface area contributed by atoms with Gasteiger partial charge in [0.1, 0.15) is 5.69 Å². The molecule has 21 heavy (non-hydrogen) atoms. The molecular formula is C15H21N3O2S. The molecule has 0 radical (unpaired) electrons. The molecule has 0 amide bonds. The van der Waals surface area contributed by atoms with E-state index in [-0.39, 0.29) is 5.78 Å². The van der Waals surface area contributed by atoms with Crippen molar-refractivity contribution in [2.24, 2.45) is 0 Å². The van der Waals surface area contributed by atoms with Gasteiger partial charge in [0, 0.05) is 43.5 Å². The molecule has 0 aromatic carbocycles. The van der Waals surface area contributed by atoms with Gasteiger partial charge in [-0.15, -0.1) is 11.3 Å². The Morgan fingerprint density at radius 2 is 2.05 bits per heavy atom. The third kappa shape index (κ3) is 2.60. The van der Waals surface area contributed by atoms with Gasteiger partial charge in [-0.05, 0) is 19.3 Å². The lowest BCUT2D eigenvalue weighted by Gasteiger charge is -2.32. The van der Waals surface area contributed by atoms with Crippen molar-refractivity contribution in [2.75, 3.05) is 44.3 Å². The van der Waals surface area contributed by atoms with Crippen LogP contribution in [0.1, 0.15) is 34.6 Å². The van der Waals surface area contributed by atoms with E-state index in [0.717, 1.165) is 63.1 Å². The third-order valence-corrected chi connectivity index (χ3v) is 5.93. The minimum absolute atomic E-state index is 0.239. The van der Waals surface area contributed by atoms with E-state index in [1.807, 2.05) is 0 Å². The molecular weight excluding hydrogens is 286 g/mol. The Balaban J connectivity index is 1.47. The predicted molar refractivity (Wildman–Crippen MR) is 82.4 cm³/mol. The second kappa shape index (κ2) is 5.66. The highest BCUT2D eigenvalue weighted by Crippen LogP contribution is 2.33. The van der Waals surface area contributed by atoms with Crippen molar-refractivity contribution in [3.8, 4) is 0 Å². The van der Waals surface area contributed by atoms with Crippen molar-refractivity contribution in [1.82, 2.24) is 9.88 Å². The lowest BCUT2D eigenvalue weighted by Crippen LogP contribution is -2.44. The number of anilines is 1. The number of morpholine rings is 1. The number of carbonyl (C=O) groups is 1. The van der Waals surface area contributed by atoms with Crippen LogP contribution in [-0.4, -0.2) is 61.1 Å². The lowest BCUT2D eigenvalue weighted by molar-refractivity contribution is 0.0209. The topological polar surface area (TPSA) is 45.7 Å². The fourth-order valence-electron chi connectivity index (χ4n) is 3.55.